The van der Waals surface area contributed by atoms with Gasteiger partial charge in [0.05, 0.1) is 10.6 Å². The monoisotopic (exact) mass is 309 g/mol. The maximum atomic E-state index is 12.1. The van der Waals surface area contributed by atoms with Gasteiger partial charge in [0.2, 0.25) is 0 Å². The fourth-order valence-corrected chi connectivity index (χ4v) is 2.17. The normalized spacial score (nSPS) is 13.3. The van der Waals surface area contributed by atoms with Crippen molar-refractivity contribution in [1.82, 2.24) is 5.32 Å². The first-order valence-corrected chi connectivity index (χ1v) is 7.18. The molecule has 22 heavy (non-hydrogen) atoms. The number of nitrogens with one attached hydrogen (secondary N) is 2. The lowest BCUT2D eigenvalue weighted by atomic mass is 9.95. The van der Waals surface area contributed by atoms with Crippen LogP contribution in [0.2, 0.25) is 0 Å². The molecule has 0 spiro atoms. The third-order valence-electron chi connectivity index (χ3n) is 3.85. The Morgan fingerprint density at radius 1 is 1.36 bits per heavy atom. The van der Waals surface area contributed by atoms with Gasteiger partial charge in [-0.2, -0.15) is 0 Å². The van der Waals surface area contributed by atoms with Crippen LogP contribution in [0, 0.1) is 24.0 Å². The van der Waals surface area contributed by atoms with E-state index in [0.717, 1.165) is 5.56 Å². The highest BCUT2D eigenvalue weighted by molar-refractivity contribution is 5.91. The molecule has 0 aromatic heterocycles. The lowest BCUT2D eigenvalue weighted by Gasteiger charge is -2.29. The average Bonchev–Trinajstić information content (AvgIpc) is 2.41. The SMILES string of the molecule is CCC(C)(CCO)NC(=O)Nc1cc([N+](=O)[O-])c(C)cc1C. The molecule has 1 aromatic carbocycles. The topological polar surface area (TPSA) is 104 Å². The number of rotatable bonds is 6. The molecule has 0 radical (unpaired) electrons. The van der Waals surface area contributed by atoms with E-state index in [2.05, 4.69) is 10.6 Å². The number of nitro benzene ring substituents is 1. The quantitative estimate of drug-likeness (QED) is 0.555. The summed E-state index contributed by atoms with van der Waals surface area (Å²) < 4.78 is 0. The van der Waals surface area contributed by atoms with Gasteiger partial charge < -0.3 is 15.7 Å². The standard InChI is InChI=1S/C15H23N3O4/c1-5-15(4,6-7-19)17-14(20)16-12-9-13(18(21)22)11(3)8-10(12)2/h8-9,19H,5-7H2,1-4H3,(H2,16,17,20). The highest BCUT2D eigenvalue weighted by Crippen LogP contribution is 2.26. The Morgan fingerprint density at radius 3 is 2.50 bits per heavy atom. The van der Waals surface area contributed by atoms with Gasteiger partial charge in [-0.15, -0.1) is 0 Å². The van der Waals surface area contributed by atoms with Crippen molar-refractivity contribution < 1.29 is 14.8 Å². The summed E-state index contributed by atoms with van der Waals surface area (Å²) >= 11 is 0. The third kappa shape index (κ3) is 4.42. The first-order chi connectivity index (χ1) is 10.2. The van der Waals surface area contributed by atoms with Crippen LogP contribution < -0.4 is 10.6 Å². The molecular formula is C15H23N3O4. The lowest BCUT2D eigenvalue weighted by molar-refractivity contribution is -0.385. The van der Waals surface area contributed by atoms with E-state index in [1.807, 2.05) is 13.8 Å². The fourth-order valence-electron chi connectivity index (χ4n) is 2.17. The molecular weight excluding hydrogens is 286 g/mol. The van der Waals surface area contributed by atoms with Crippen molar-refractivity contribution in [3.05, 3.63) is 33.4 Å². The number of nitrogens with zero attached hydrogens (tertiary/aromatic N) is 1. The molecule has 0 saturated heterocycles. The maximum absolute atomic E-state index is 12.1. The van der Waals surface area contributed by atoms with Gasteiger partial charge >= 0.3 is 6.03 Å². The number of amides is 2. The summed E-state index contributed by atoms with van der Waals surface area (Å²) in [6.45, 7) is 7.16. The summed E-state index contributed by atoms with van der Waals surface area (Å²) in [6.07, 6.45) is 1.10. The second-order valence-electron chi connectivity index (χ2n) is 5.68. The Hall–Kier alpha value is -2.15. The summed E-state index contributed by atoms with van der Waals surface area (Å²) in [4.78, 5) is 22.6. The number of anilines is 1. The number of carbonyl (C=O) groups excluding carboxylic acids is 1. The summed E-state index contributed by atoms with van der Waals surface area (Å²) in [7, 11) is 0. The van der Waals surface area contributed by atoms with Crippen LogP contribution in [0.5, 0.6) is 0 Å². The van der Waals surface area contributed by atoms with Gasteiger partial charge in [-0.05, 0) is 45.2 Å². The van der Waals surface area contributed by atoms with Gasteiger partial charge in [0.25, 0.3) is 5.69 Å². The summed E-state index contributed by atoms with van der Waals surface area (Å²) in [5.74, 6) is 0. The van der Waals surface area contributed by atoms with E-state index in [9.17, 15) is 14.9 Å². The summed E-state index contributed by atoms with van der Waals surface area (Å²) in [5, 5.41) is 25.5. The van der Waals surface area contributed by atoms with E-state index in [1.165, 1.54) is 6.07 Å². The largest absolute Gasteiger partial charge is 0.396 e. The van der Waals surface area contributed by atoms with Crippen molar-refractivity contribution >= 4 is 17.4 Å². The van der Waals surface area contributed by atoms with Gasteiger partial charge in [0, 0.05) is 23.8 Å². The van der Waals surface area contributed by atoms with E-state index in [4.69, 9.17) is 5.11 Å². The molecule has 3 N–H and O–H groups in total. The summed E-state index contributed by atoms with van der Waals surface area (Å²) in [5.41, 5.74) is 1.14. The maximum Gasteiger partial charge on any atom is 0.319 e. The Kier molecular flexibility index (Phi) is 5.87. The molecule has 7 nitrogen and oxygen atoms in total. The van der Waals surface area contributed by atoms with E-state index >= 15 is 0 Å². The molecule has 1 aromatic rings. The number of nitro groups is 1. The minimum atomic E-state index is -0.524. The number of hydrogen-bond acceptors (Lipinski definition) is 4. The van der Waals surface area contributed by atoms with Crippen LogP contribution in [0.1, 0.15) is 37.8 Å². The Bertz CT molecular complexity index is 574. The van der Waals surface area contributed by atoms with Crippen molar-refractivity contribution in [3.8, 4) is 0 Å². The Morgan fingerprint density at radius 2 is 2.00 bits per heavy atom. The lowest BCUT2D eigenvalue weighted by Crippen LogP contribution is -2.48. The molecule has 1 rings (SSSR count). The van der Waals surface area contributed by atoms with Gasteiger partial charge in [0.1, 0.15) is 0 Å². The van der Waals surface area contributed by atoms with Crippen LogP contribution in [0.3, 0.4) is 0 Å². The molecule has 7 heteroatoms. The minimum Gasteiger partial charge on any atom is -0.396 e. The number of urea groups is 1. The molecule has 0 aliphatic carbocycles. The average molecular weight is 309 g/mol. The van der Waals surface area contributed by atoms with Crippen LogP contribution in [-0.4, -0.2) is 28.2 Å². The van der Waals surface area contributed by atoms with E-state index in [1.54, 1.807) is 19.9 Å². The Labute approximate surface area is 129 Å². The number of aliphatic hydroxyl groups is 1. The van der Waals surface area contributed by atoms with E-state index < -0.39 is 16.5 Å². The number of carbonyl (C=O) groups is 1. The first-order valence-electron chi connectivity index (χ1n) is 7.18. The van der Waals surface area contributed by atoms with E-state index in [0.29, 0.717) is 24.1 Å². The molecule has 0 saturated carbocycles. The van der Waals surface area contributed by atoms with Crippen molar-refractivity contribution in [3.63, 3.8) is 0 Å². The highest BCUT2D eigenvalue weighted by atomic mass is 16.6. The van der Waals surface area contributed by atoms with Crippen molar-refractivity contribution in [2.45, 2.75) is 46.1 Å². The third-order valence-corrected chi connectivity index (χ3v) is 3.85. The number of aliphatic hydroxyl groups excluding tert-OH is 1. The van der Waals surface area contributed by atoms with Crippen molar-refractivity contribution in [2.24, 2.45) is 0 Å². The molecule has 0 fully saturated rings. The molecule has 0 heterocycles. The molecule has 1 atom stereocenters. The highest BCUT2D eigenvalue weighted by Gasteiger charge is 2.24. The number of aryl methyl sites for hydroxylation is 2. The predicted octanol–water partition coefficient (Wildman–Crippen LogP) is 2.88. The zero-order chi connectivity index (χ0) is 16.9. The van der Waals surface area contributed by atoms with Crippen LogP contribution in [0.15, 0.2) is 12.1 Å². The number of hydrogen-bond donors (Lipinski definition) is 3. The second-order valence-corrected chi connectivity index (χ2v) is 5.68. The van der Waals surface area contributed by atoms with Crippen molar-refractivity contribution in [1.29, 1.82) is 0 Å². The minimum absolute atomic E-state index is 0.0281. The molecule has 122 valence electrons. The van der Waals surface area contributed by atoms with Crippen LogP contribution in [-0.2, 0) is 0 Å². The molecule has 2 amide bonds. The Balaban J connectivity index is 2.93. The van der Waals surface area contributed by atoms with Gasteiger partial charge in [-0.3, -0.25) is 10.1 Å². The molecule has 0 aliphatic rings. The van der Waals surface area contributed by atoms with Gasteiger partial charge in [-0.1, -0.05) is 6.92 Å². The van der Waals surface area contributed by atoms with E-state index in [-0.39, 0.29) is 12.3 Å². The van der Waals surface area contributed by atoms with Crippen LogP contribution in [0.25, 0.3) is 0 Å². The van der Waals surface area contributed by atoms with Crippen molar-refractivity contribution in [2.75, 3.05) is 11.9 Å². The zero-order valence-electron chi connectivity index (χ0n) is 13.4. The first kappa shape index (κ1) is 17.9. The van der Waals surface area contributed by atoms with Gasteiger partial charge in [-0.25, -0.2) is 4.79 Å². The zero-order valence-corrected chi connectivity index (χ0v) is 13.4. The van der Waals surface area contributed by atoms with Gasteiger partial charge in [0.15, 0.2) is 0 Å². The van der Waals surface area contributed by atoms with Crippen LogP contribution >= 0.6 is 0 Å². The number of benzene rings is 1. The molecule has 0 aliphatic heterocycles. The predicted molar refractivity (Wildman–Crippen MR) is 85.1 cm³/mol. The smallest absolute Gasteiger partial charge is 0.319 e. The fraction of sp³-hybridized carbons (Fsp3) is 0.533. The molecule has 0 bridgehead atoms. The molecule has 1 unspecified atom stereocenters. The second kappa shape index (κ2) is 7.22. The van der Waals surface area contributed by atoms with Crippen LogP contribution in [0.4, 0.5) is 16.2 Å². The summed E-state index contributed by atoms with van der Waals surface area (Å²) in [6, 6.07) is 2.58.